The van der Waals surface area contributed by atoms with Crippen LogP contribution >= 0.6 is 11.3 Å². The molecule has 1 aromatic heterocycles. The maximum Gasteiger partial charge on any atom is 0.240 e. The second-order valence-corrected chi connectivity index (χ2v) is 7.56. The zero-order valence-electron chi connectivity index (χ0n) is 14.6. The predicted octanol–water partition coefficient (Wildman–Crippen LogP) is 4.41. The summed E-state index contributed by atoms with van der Waals surface area (Å²) in [6.07, 6.45) is 2.19. The maximum absolute atomic E-state index is 12.9. The van der Waals surface area contributed by atoms with Gasteiger partial charge in [0.2, 0.25) is 5.91 Å². The molecule has 1 amide bonds. The summed E-state index contributed by atoms with van der Waals surface area (Å²) in [6.45, 7) is 1.32. The summed E-state index contributed by atoms with van der Waals surface area (Å²) in [5.41, 5.74) is 3.65. The Morgan fingerprint density at radius 2 is 1.85 bits per heavy atom. The van der Waals surface area contributed by atoms with Crippen molar-refractivity contribution in [3.05, 3.63) is 88.1 Å². The van der Waals surface area contributed by atoms with Gasteiger partial charge in [0.15, 0.2) is 0 Å². The van der Waals surface area contributed by atoms with Crippen LogP contribution in [0.5, 0.6) is 0 Å². The number of nitrogens with one attached hydrogen (secondary N) is 1. The number of para-hydroxylation sites is 1. The largest absolute Gasteiger partial charge is 0.362 e. The zero-order valence-corrected chi connectivity index (χ0v) is 15.4. The van der Waals surface area contributed by atoms with Crippen LogP contribution in [0.3, 0.4) is 0 Å². The van der Waals surface area contributed by atoms with Crippen LogP contribution in [0.4, 0.5) is 5.69 Å². The molecule has 4 rings (SSSR count). The van der Waals surface area contributed by atoms with Crippen molar-refractivity contribution in [2.45, 2.75) is 18.9 Å². The molecule has 3 nitrogen and oxygen atoms in total. The van der Waals surface area contributed by atoms with Gasteiger partial charge < -0.3 is 10.2 Å². The number of carbonyl (C=O) groups excluding carboxylic acids is 1. The summed E-state index contributed by atoms with van der Waals surface area (Å²) in [5.74, 6) is 0.0592. The number of fused-ring (bicyclic) bond motifs is 1. The molecule has 26 heavy (non-hydrogen) atoms. The van der Waals surface area contributed by atoms with E-state index in [-0.39, 0.29) is 11.9 Å². The van der Waals surface area contributed by atoms with E-state index in [9.17, 15) is 4.79 Å². The highest BCUT2D eigenvalue weighted by Gasteiger charge is 2.22. The predicted molar refractivity (Wildman–Crippen MR) is 108 cm³/mol. The van der Waals surface area contributed by atoms with Gasteiger partial charge in [-0.05, 0) is 41.5 Å². The molecule has 0 bridgehead atoms. The highest BCUT2D eigenvalue weighted by atomic mass is 32.1. The monoisotopic (exact) mass is 362 g/mol. The number of hydrogen-bond acceptors (Lipinski definition) is 3. The Balaban J connectivity index is 1.51. The van der Waals surface area contributed by atoms with Gasteiger partial charge in [0.1, 0.15) is 0 Å². The van der Waals surface area contributed by atoms with Crippen LogP contribution in [-0.2, 0) is 11.2 Å². The van der Waals surface area contributed by atoms with Crippen LogP contribution in [0.2, 0.25) is 0 Å². The molecule has 1 aliphatic rings. The number of aryl methyl sites for hydroxylation is 1. The molecule has 2 aromatic carbocycles. The van der Waals surface area contributed by atoms with E-state index in [1.807, 2.05) is 30.3 Å². The lowest BCUT2D eigenvalue weighted by atomic mass is 10.0. The lowest BCUT2D eigenvalue weighted by Gasteiger charge is -2.31. The van der Waals surface area contributed by atoms with E-state index >= 15 is 0 Å². The number of benzene rings is 2. The van der Waals surface area contributed by atoms with Gasteiger partial charge >= 0.3 is 0 Å². The van der Waals surface area contributed by atoms with Gasteiger partial charge in [0.25, 0.3) is 0 Å². The molecule has 3 aromatic rings. The number of hydrogen-bond donors (Lipinski definition) is 1. The van der Waals surface area contributed by atoms with Gasteiger partial charge in [0.05, 0.1) is 12.6 Å². The molecular formula is C22H22N2OS. The topological polar surface area (TPSA) is 32.3 Å². The smallest absolute Gasteiger partial charge is 0.240 e. The van der Waals surface area contributed by atoms with Crippen LogP contribution < -0.4 is 10.2 Å². The molecule has 2 heterocycles. The SMILES string of the molecule is O=C(CN1CCCc2ccccc21)NC(c1ccccc1)c1cccs1. The number of rotatable bonds is 5. The Hall–Kier alpha value is -2.59. The van der Waals surface area contributed by atoms with Crippen molar-refractivity contribution in [3.8, 4) is 0 Å². The van der Waals surface area contributed by atoms with Gasteiger partial charge in [-0.1, -0.05) is 54.6 Å². The third kappa shape index (κ3) is 3.65. The lowest BCUT2D eigenvalue weighted by Crippen LogP contribution is -2.41. The fourth-order valence-electron chi connectivity index (χ4n) is 3.58. The van der Waals surface area contributed by atoms with Gasteiger partial charge in [-0.2, -0.15) is 0 Å². The third-order valence-corrected chi connectivity index (χ3v) is 5.74. The Labute approximate surface area is 158 Å². The molecule has 0 fully saturated rings. The summed E-state index contributed by atoms with van der Waals surface area (Å²) < 4.78 is 0. The summed E-state index contributed by atoms with van der Waals surface area (Å²) in [7, 11) is 0. The highest BCUT2D eigenvalue weighted by Crippen LogP contribution is 2.28. The minimum atomic E-state index is -0.0938. The summed E-state index contributed by atoms with van der Waals surface area (Å²) in [5, 5.41) is 5.30. The average Bonchev–Trinajstić information content (AvgIpc) is 3.22. The van der Waals surface area contributed by atoms with Crippen molar-refractivity contribution in [1.82, 2.24) is 5.32 Å². The van der Waals surface area contributed by atoms with Crippen LogP contribution in [0, 0.1) is 0 Å². The first-order chi connectivity index (χ1) is 12.8. The van der Waals surface area contributed by atoms with E-state index in [2.05, 4.69) is 52.0 Å². The minimum absolute atomic E-state index is 0.0592. The van der Waals surface area contributed by atoms with Crippen LogP contribution in [0.1, 0.15) is 28.5 Å². The van der Waals surface area contributed by atoms with E-state index in [0.717, 1.165) is 29.8 Å². The first-order valence-corrected chi connectivity index (χ1v) is 9.90. The minimum Gasteiger partial charge on any atom is -0.362 e. The highest BCUT2D eigenvalue weighted by molar-refractivity contribution is 7.10. The fourth-order valence-corrected chi connectivity index (χ4v) is 4.38. The molecule has 4 heteroatoms. The molecule has 0 saturated heterocycles. The Kier molecular flexibility index (Phi) is 5.02. The summed E-state index contributed by atoms with van der Waals surface area (Å²) >= 11 is 1.67. The molecule has 132 valence electrons. The van der Waals surface area contributed by atoms with Crippen molar-refractivity contribution in [1.29, 1.82) is 0 Å². The quantitative estimate of drug-likeness (QED) is 0.729. The fraction of sp³-hybridized carbons (Fsp3) is 0.227. The molecule has 1 atom stereocenters. The van der Waals surface area contributed by atoms with Crippen molar-refractivity contribution >= 4 is 22.9 Å². The van der Waals surface area contributed by atoms with Crippen LogP contribution in [-0.4, -0.2) is 19.0 Å². The first kappa shape index (κ1) is 16.9. The number of nitrogens with zero attached hydrogens (tertiary/aromatic N) is 1. The van der Waals surface area contributed by atoms with Crippen molar-refractivity contribution in [2.24, 2.45) is 0 Å². The molecule has 1 unspecified atom stereocenters. The zero-order chi connectivity index (χ0) is 17.8. The van der Waals surface area contributed by atoms with Gasteiger partial charge in [-0.15, -0.1) is 11.3 Å². The number of thiophene rings is 1. The average molecular weight is 362 g/mol. The molecular weight excluding hydrogens is 340 g/mol. The number of carbonyl (C=O) groups is 1. The molecule has 0 radical (unpaired) electrons. The van der Waals surface area contributed by atoms with E-state index < -0.39 is 0 Å². The van der Waals surface area contributed by atoms with Gasteiger partial charge in [-0.3, -0.25) is 4.79 Å². The van der Waals surface area contributed by atoms with E-state index in [1.54, 1.807) is 11.3 Å². The Morgan fingerprint density at radius 3 is 2.65 bits per heavy atom. The van der Waals surface area contributed by atoms with E-state index in [4.69, 9.17) is 0 Å². The molecule has 1 N–H and O–H groups in total. The summed E-state index contributed by atoms with van der Waals surface area (Å²) in [6, 6.07) is 22.6. The Bertz CT molecular complexity index is 861. The molecule has 0 spiro atoms. The van der Waals surface area contributed by atoms with Crippen LogP contribution in [0.25, 0.3) is 0 Å². The van der Waals surface area contributed by atoms with Crippen molar-refractivity contribution in [3.63, 3.8) is 0 Å². The van der Waals surface area contributed by atoms with Crippen molar-refractivity contribution < 1.29 is 4.79 Å². The van der Waals surface area contributed by atoms with Crippen LogP contribution in [0.15, 0.2) is 72.1 Å². The summed E-state index contributed by atoms with van der Waals surface area (Å²) in [4.78, 5) is 16.2. The second-order valence-electron chi connectivity index (χ2n) is 6.58. The van der Waals surface area contributed by atoms with Gasteiger partial charge in [-0.25, -0.2) is 0 Å². The van der Waals surface area contributed by atoms with Crippen molar-refractivity contribution in [2.75, 3.05) is 18.0 Å². The maximum atomic E-state index is 12.9. The van der Waals surface area contributed by atoms with E-state index in [1.165, 1.54) is 11.3 Å². The third-order valence-electron chi connectivity index (χ3n) is 4.81. The number of amides is 1. The number of anilines is 1. The van der Waals surface area contributed by atoms with E-state index in [0.29, 0.717) is 6.54 Å². The molecule has 0 saturated carbocycles. The lowest BCUT2D eigenvalue weighted by molar-refractivity contribution is -0.120. The normalized spacial score (nSPS) is 14.5. The van der Waals surface area contributed by atoms with Gasteiger partial charge in [0, 0.05) is 17.1 Å². The second kappa shape index (κ2) is 7.75. The Morgan fingerprint density at radius 1 is 1.04 bits per heavy atom. The molecule has 0 aliphatic carbocycles. The molecule has 1 aliphatic heterocycles. The first-order valence-electron chi connectivity index (χ1n) is 9.02. The standard InChI is InChI=1S/C22H22N2OS/c25-21(16-24-14-6-11-17-8-4-5-12-19(17)24)23-22(20-13-7-15-26-20)18-9-2-1-3-10-18/h1-5,7-10,12-13,15,22H,6,11,14,16H2,(H,23,25).